The Kier molecular flexibility index (Phi) is 4.80. The van der Waals surface area contributed by atoms with Gasteiger partial charge in [0.2, 0.25) is 0 Å². The lowest BCUT2D eigenvalue weighted by Crippen LogP contribution is -2.46. The fourth-order valence-electron chi connectivity index (χ4n) is 2.59. The average molecular weight is 292 g/mol. The van der Waals surface area contributed by atoms with Gasteiger partial charge in [-0.25, -0.2) is 9.59 Å². The number of carboxylic acids is 1. The minimum Gasteiger partial charge on any atom is -0.478 e. The minimum absolute atomic E-state index is 0.126. The summed E-state index contributed by atoms with van der Waals surface area (Å²) in [7, 11) is 1.68. The quantitative estimate of drug-likeness (QED) is 0.783. The third-order valence-corrected chi connectivity index (χ3v) is 3.91. The first-order chi connectivity index (χ1) is 9.99. The van der Waals surface area contributed by atoms with Crippen molar-refractivity contribution in [1.29, 1.82) is 0 Å². The lowest BCUT2D eigenvalue weighted by Gasteiger charge is -2.27. The molecule has 0 aromatic heterocycles. The monoisotopic (exact) mass is 292 g/mol. The molecule has 0 aliphatic heterocycles. The van der Waals surface area contributed by atoms with Crippen molar-refractivity contribution in [2.45, 2.75) is 38.0 Å². The Balaban J connectivity index is 1.87. The zero-order valence-electron chi connectivity index (χ0n) is 12.0. The number of carbonyl (C=O) groups is 2. The first-order valence-electron chi connectivity index (χ1n) is 7.00. The van der Waals surface area contributed by atoms with Crippen molar-refractivity contribution in [3.63, 3.8) is 0 Å². The molecule has 21 heavy (non-hydrogen) atoms. The van der Waals surface area contributed by atoms with Crippen LogP contribution >= 0.6 is 0 Å². The second-order valence-corrected chi connectivity index (χ2v) is 5.34. The highest BCUT2D eigenvalue weighted by molar-refractivity contribution is 5.87. The van der Waals surface area contributed by atoms with Gasteiger partial charge in [-0.05, 0) is 37.0 Å². The molecule has 0 heterocycles. The largest absolute Gasteiger partial charge is 0.478 e. The lowest BCUT2D eigenvalue weighted by molar-refractivity contribution is 0.0697. The summed E-state index contributed by atoms with van der Waals surface area (Å²) < 4.78 is 0. The van der Waals surface area contributed by atoms with Crippen LogP contribution < -0.4 is 5.32 Å². The predicted molar refractivity (Wildman–Crippen MR) is 77.0 cm³/mol. The van der Waals surface area contributed by atoms with E-state index in [0.717, 1.165) is 24.8 Å². The number of amides is 2. The van der Waals surface area contributed by atoms with Crippen LogP contribution in [0, 0.1) is 0 Å². The van der Waals surface area contributed by atoms with Gasteiger partial charge in [0.15, 0.2) is 0 Å². The Hall–Kier alpha value is -2.08. The van der Waals surface area contributed by atoms with Crippen molar-refractivity contribution in [2.75, 3.05) is 7.05 Å². The van der Waals surface area contributed by atoms with Crippen LogP contribution in [-0.4, -0.2) is 46.3 Å². The molecule has 0 unspecified atom stereocenters. The molecule has 1 fully saturated rings. The number of aromatic carboxylic acids is 1. The Morgan fingerprint density at radius 2 is 1.95 bits per heavy atom. The average Bonchev–Trinajstić information content (AvgIpc) is 2.90. The molecule has 6 nitrogen and oxygen atoms in total. The molecule has 1 aliphatic rings. The number of hydrogen-bond donors (Lipinski definition) is 3. The number of nitrogens with zero attached hydrogens (tertiary/aromatic N) is 1. The molecule has 3 N–H and O–H groups in total. The van der Waals surface area contributed by atoms with E-state index in [1.54, 1.807) is 24.1 Å². The van der Waals surface area contributed by atoms with E-state index >= 15 is 0 Å². The van der Waals surface area contributed by atoms with Crippen molar-refractivity contribution in [3.05, 3.63) is 35.4 Å². The van der Waals surface area contributed by atoms with E-state index in [-0.39, 0.29) is 17.6 Å². The molecule has 2 rings (SSSR count). The maximum Gasteiger partial charge on any atom is 0.335 e. The maximum absolute atomic E-state index is 12.0. The van der Waals surface area contributed by atoms with Gasteiger partial charge in [-0.3, -0.25) is 0 Å². The normalized spacial score (nSPS) is 21.0. The van der Waals surface area contributed by atoms with Crippen LogP contribution in [0.4, 0.5) is 4.79 Å². The van der Waals surface area contributed by atoms with E-state index in [9.17, 15) is 14.7 Å². The van der Waals surface area contributed by atoms with Crippen LogP contribution in [0.1, 0.15) is 35.2 Å². The zero-order chi connectivity index (χ0) is 15.4. The van der Waals surface area contributed by atoms with Gasteiger partial charge in [0.1, 0.15) is 0 Å². The third kappa shape index (κ3) is 3.72. The molecule has 2 atom stereocenters. The smallest absolute Gasteiger partial charge is 0.335 e. The summed E-state index contributed by atoms with van der Waals surface area (Å²) in [5.41, 5.74) is 1.05. The molecule has 1 aromatic rings. The number of aliphatic hydroxyl groups excluding tert-OH is 1. The molecule has 6 heteroatoms. The van der Waals surface area contributed by atoms with Gasteiger partial charge in [0.25, 0.3) is 0 Å². The summed E-state index contributed by atoms with van der Waals surface area (Å²) in [6.07, 6.45) is 2.04. The lowest BCUT2D eigenvalue weighted by atomic mass is 10.1. The summed E-state index contributed by atoms with van der Waals surface area (Å²) in [5.74, 6) is -0.972. The standard InChI is InChI=1S/C15H20N2O4/c1-17(12-3-2-4-13(12)18)15(21)16-9-10-5-7-11(8-6-10)14(19)20/h5-8,12-13,18H,2-4,9H2,1H3,(H,16,21)(H,19,20)/t12-,13-/m1/s1. The molecule has 2 amide bonds. The highest BCUT2D eigenvalue weighted by Gasteiger charge is 2.31. The number of urea groups is 1. The van der Waals surface area contributed by atoms with Gasteiger partial charge >= 0.3 is 12.0 Å². The molecule has 1 aliphatic carbocycles. The molecule has 1 aromatic carbocycles. The molecule has 0 bridgehead atoms. The highest BCUT2D eigenvalue weighted by atomic mass is 16.4. The second kappa shape index (κ2) is 6.58. The number of likely N-dealkylation sites (N-methyl/N-ethyl adjacent to an activating group) is 1. The number of carbonyl (C=O) groups excluding carboxylic acids is 1. The first kappa shape index (κ1) is 15.3. The number of aliphatic hydroxyl groups is 1. The number of carboxylic acid groups (broad SMARTS) is 1. The SMILES string of the molecule is CN(C(=O)NCc1ccc(C(=O)O)cc1)[C@@H]1CCC[C@H]1O. The maximum atomic E-state index is 12.0. The van der Waals surface area contributed by atoms with Gasteiger partial charge in [-0.1, -0.05) is 12.1 Å². The van der Waals surface area contributed by atoms with Crippen LogP contribution in [0.15, 0.2) is 24.3 Å². The van der Waals surface area contributed by atoms with Gasteiger partial charge < -0.3 is 20.4 Å². The summed E-state index contributed by atoms with van der Waals surface area (Å²) in [6, 6.07) is 6.01. The second-order valence-electron chi connectivity index (χ2n) is 5.34. The summed E-state index contributed by atoms with van der Waals surface area (Å²) in [4.78, 5) is 24.3. The molecule has 0 spiro atoms. The fourth-order valence-corrected chi connectivity index (χ4v) is 2.59. The van der Waals surface area contributed by atoms with Crippen LogP contribution in [0.2, 0.25) is 0 Å². The van der Waals surface area contributed by atoms with Crippen LogP contribution in [0.25, 0.3) is 0 Å². The van der Waals surface area contributed by atoms with Gasteiger partial charge in [0.05, 0.1) is 17.7 Å². The van der Waals surface area contributed by atoms with E-state index in [0.29, 0.717) is 6.54 Å². The van der Waals surface area contributed by atoms with Crippen LogP contribution in [-0.2, 0) is 6.54 Å². The summed E-state index contributed by atoms with van der Waals surface area (Å²) in [6.45, 7) is 0.325. The zero-order valence-corrected chi connectivity index (χ0v) is 12.0. The summed E-state index contributed by atoms with van der Waals surface area (Å²) >= 11 is 0. The van der Waals surface area contributed by atoms with Crippen molar-refractivity contribution < 1.29 is 19.8 Å². The fraction of sp³-hybridized carbons (Fsp3) is 0.467. The van der Waals surface area contributed by atoms with E-state index < -0.39 is 12.1 Å². The van der Waals surface area contributed by atoms with E-state index in [4.69, 9.17) is 5.11 Å². The first-order valence-corrected chi connectivity index (χ1v) is 7.00. The van der Waals surface area contributed by atoms with Crippen molar-refractivity contribution in [2.24, 2.45) is 0 Å². The van der Waals surface area contributed by atoms with E-state index in [1.165, 1.54) is 12.1 Å². The number of rotatable bonds is 4. The Morgan fingerprint density at radius 1 is 1.29 bits per heavy atom. The van der Waals surface area contributed by atoms with Gasteiger partial charge in [0, 0.05) is 13.6 Å². The Bertz CT molecular complexity index is 515. The van der Waals surface area contributed by atoms with Crippen LogP contribution in [0.5, 0.6) is 0 Å². The van der Waals surface area contributed by atoms with Crippen molar-refractivity contribution >= 4 is 12.0 Å². The Labute approximate surface area is 123 Å². The molecule has 0 saturated heterocycles. The van der Waals surface area contributed by atoms with Crippen molar-refractivity contribution in [1.82, 2.24) is 10.2 Å². The minimum atomic E-state index is -0.972. The van der Waals surface area contributed by atoms with Crippen molar-refractivity contribution in [3.8, 4) is 0 Å². The number of benzene rings is 1. The molecule has 1 saturated carbocycles. The van der Waals surface area contributed by atoms with Gasteiger partial charge in [-0.2, -0.15) is 0 Å². The predicted octanol–water partition coefficient (Wildman–Crippen LogP) is 1.44. The van der Waals surface area contributed by atoms with E-state index in [2.05, 4.69) is 5.32 Å². The third-order valence-electron chi connectivity index (χ3n) is 3.91. The number of hydrogen-bond acceptors (Lipinski definition) is 3. The number of nitrogens with one attached hydrogen (secondary N) is 1. The summed E-state index contributed by atoms with van der Waals surface area (Å²) in [5, 5.41) is 21.4. The molecule has 0 radical (unpaired) electrons. The molecule has 114 valence electrons. The van der Waals surface area contributed by atoms with Gasteiger partial charge in [-0.15, -0.1) is 0 Å². The topological polar surface area (TPSA) is 89.9 Å². The van der Waals surface area contributed by atoms with E-state index in [1.807, 2.05) is 0 Å². The molecular weight excluding hydrogens is 272 g/mol. The molecular formula is C15H20N2O4. The Morgan fingerprint density at radius 3 is 2.48 bits per heavy atom. The highest BCUT2D eigenvalue weighted by Crippen LogP contribution is 2.23. The van der Waals surface area contributed by atoms with Crippen LogP contribution in [0.3, 0.4) is 0 Å².